The van der Waals surface area contributed by atoms with Crippen LogP contribution in [0.2, 0.25) is 0 Å². The number of rotatable bonds is 10. The number of benzene rings is 8. The quantitative estimate of drug-likeness (QED) is 0.102. The lowest BCUT2D eigenvalue weighted by Gasteiger charge is -2.39. The van der Waals surface area contributed by atoms with E-state index in [4.69, 9.17) is 15.0 Å². The number of nitrogens with zero attached hydrogens (tertiary/aromatic N) is 3. The molecule has 9 aromatic rings. The molecule has 0 bridgehead atoms. The molecule has 3 heteroatoms. The summed E-state index contributed by atoms with van der Waals surface area (Å²) in [5, 5.41) is 4.89. The van der Waals surface area contributed by atoms with Gasteiger partial charge in [-0.1, -0.05) is 213 Å². The molecule has 1 aromatic heterocycles. The third kappa shape index (κ3) is 8.69. The fraction of sp³-hybridized carbons (Fsp3) is 0.131. The smallest absolute Gasteiger partial charge is 0.160 e. The number of hydrogen-bond acceptors (Lipinski definition) is 3. The Morgan fingerprint density at radius 2 is 1.11 bits per heavy atom. The van der Waals surface area contributed by atoms with Gasteiger partial charge in [-0.05, 0) is 86.8 Å². The van der Waals surface area contributed by atoms with E-state index in [2.05, 4.69) is 220 Å². The number of allylic oxidation sites excluding steroid dienone is 2. The number of hydrogen-bond donors (Lipinski definition) is 0. The Kier molecular flexibility index (Phi) is 12.5. The minimum Gasteiger partial charge on any atom is -0.280 e. The van der Waals surface area contributed by atoms with E-state index in [-0.39, 0.29) is 5.41 Å². The highest BCUT2D eigenvalue weighted by atomic mass is 14.9. The van der Waals surface area contributed by atoms with Crippen LogP contribution in [0, 0.1) is 12.8 Å². The molecule has 3 nitrogen and oxygen atoms in total. The number of aromatic nitrogens is 2. The van der Waals surface area contributed by atoms with E-state index in [9.17, 15) is 0 Å². The Morgan fingerprint density at radius 1 is 0.547 bits per heavy atom. The van der Waals surface area contributed by atoms with Crippen LogP contribution in [0.25, 0.3) is 61.0 Å². The summed E-state index contributed by atoms with van der Waals surface area (Å²) in [4.78, 5) is 15.7. The molecule has 8 aromatic carbocycles. The van der Waals surface area contributed by atoms with Crippen molar-refractivity contribution in [2.75, 3.05) is 0 Å². The minimum absolute atomic E-state index is 0.0487. The van der Waals surface area contributed by atoms with Crippen molar-refractivity contribution in [3.63, 3.8) is 0 Å². The van der Waals surface area contributed by atoms with Crippen LogP contribution in [0.4, 0.5) is 0 Å². The van der Waals surface area contributed by atoms with E-state index < -0.39 is 0 Å². The second-order valence-electron chi connectivity index (χ2n) is 16.7. The first kappa shape index (κ1) is 41.7. The lowest BCUT2D eigenvalue weighted by Crippen LogP contribution is -2.30. The van der Waals surface area contributed by atoms with Gasteiger partial charge in [0, 0.05) is 22.1 Å². The maximum atomic E-state index is 5.26. The zero-order valence-corrected chi connectivity index (χ0v) is 36.4. The number of fused-ring (bicyclic) bond motifs is 2. The molecule has 0 atom stereocenters. The Morgan fingerprint density at radius 3 is 1.81 bits per heavy atom. The predicted octanol–water partition coefficient (Wildman–Crippen LogP) is 15.4. The molecule has 1 heterocycles. The summed E-state index contributed by atoms with van der Waals surface area (Å²) in [6, 6.07) is 71.8. The topological polar surface area (TPSA) is 38.1 Å². The average Bonchev–Trinajstić information content (AvgIpc) is 3.38. The zero-order chi connectivity index (χ0) is 43.7. The van der Waals surface area contributed by atoms with Crippen molar-refractivity contribution in [1.29, 1.82) is 0 Å². The van der Waals surface area contributed by atoms with Crippen LogP contribution in [0.1, 0.15) is 66.8 Å². The largest absolute Gasteiger partial charge is 0.280 e. The van der Waals surface area contributed by atoms with Crippen LogP contribution in [0.5, 0.6) is 0 Å². The third-order valence-corrected chi connectivity index (χ3v) is 12.8. The van der Waals surface area contributed by atoms with Crippen molar-refractivity contribution in [3.05, 3.63) is 234 Å². The van der Waals surface area contributed by atoms with Crippen LogP contribution >= 0.6 is 0 Å². The van der Waals surface area contributed by atoms with Gasteiger partial charge in [0.05, 0.1) is 23.6 Å². The monoisotopic (exact) mass is 825 g/mol. The molecule has 1 saturated carbocycles. The normalized spacial score (nSPS) is 13.9. The summed E-state index contributed by atoms with van der Waals surface area (Å²) >= 11 is 0. The molecular formula is C61H51N3. The van der Waals surface area contributed by atoms with Crippen molar-refractivity contribution in [2.24, 2.45) is 4.99 Å². The highest BCUT2D eigenvalue weighted by Crippen LogP contribution is 2.45. The molecule has 0 radical (unpaired) electrons. The molecule has 0 saturated heterocycles. The minimum atomic E-state index is -0.0487. The van der Waals surface area contributed by atoms with Crippen LogP contribution in [-0.2, 0) is 12.0 Å². The summed E-state index contributed by atoms with van der Waals surface area (Å²) in [6.45, 7) is 2.80. The second-order valence-corrected chi connectivity index (χ2v) is 16.7. The molecule has 0 amide bonds. The highest BCUT2D eigenvalue weighted by Gasteiger charge is 2.35. The lowest BCUT2D eigenvalue weighted by atomic mass is 9.65. The molecule has 1 aliphatic carbocycles. The first-order chi connectivity index (χ1) is 31.6. The number of terminal acetylenes is 1. The molecule has 0 aliphatic heterocycles. The van der Waals surface area contributed by atoms with Gasteiger partial charge in [-0.15, -0.1) is 12.8 Å². The molecule has 0 N–H and O–H groups in total. The molecule has 0 unspecified atom stereocenters. The molecule has 1 aliphatic rings. The summed E-state index contributed by atoms with van der Waals surface area (Å²) in [7, 11) is 0. The Balaban J connectivity index is 0.00000256. The van der Waals surface area contributed by atoms with Gasteiger partial charge in [0.1, 0.15) is 0 Å². The van der Waals surface area contributed by atoms with Crippen molar-refractivity contribution in [3.8, 4) is 46.7 Å². The molecular weight excluding hydrogens is 775 g/mol. The van der Waals surface area contributed by atoms with Gasteiger partial charge in [-0.2, -0.15) is 0 Å². The summed E-state index contributed by atoms with van der Waals surface area (Å²) < 4.78 is 0. The van der Waals surface area contributed by atoms with Crippen molar-refractivity contribution in [1.82, 2.24) is 9.97 Å². The predicted molar refractivity (Wildman–Crippen MR) is 270 cm³/mol. The summed E-state index contributed by atoms with van der Waals surface area (Å²) in [5.41, 5.74) is 13.5. The fourth-order valence-corrected chi connectivity index (χ4v) is 9.54. The van der Waals surface area contributed by atoms with Crippen molar-refractivity contribution in [2.45, 2.75) is 51.0 Å². The third-order valence-electron chi connectivity index (χ3n) is 12.8. The SMILES string of the molecule is C#C.C/C(=C\C(=NCc1ccc(C2(c3ccc(-c4nc(-c5ccccc5)cc(-c5cccc6ccccc56)n4)cc3)CCCCC2)cc1)c1ccccc1)c1cccc2ccccc12. The Hall–Kier alpha value is -7.67. The average molecular weight is 826 g/mol. The van der Waals surface area contributed by atoms with E-state index >= 15 is 0 Å². The molecule has 0 spiro atoms. The highest BCUT2D eigenvalue weighted by molar-refractivity contribution is 6.13. The first-order valence-electron chi connectivity index (χ1n) is 22.3. The van der Waals surface area contributed by atoms with Gasteiger partial charge in [0.25, 0.3) is 0 Å². The van der Waals surface area contributed by atoms with Crippen molar-refractivity contribution >= 4 is 32.8 Å². The maximum absolute atomic E-state index is 5.26. The van der Waals surface area contributed by atoms with Gasteiger partial charge in [-0.3, -0.25) is 4.99 Å². The van der Waals surface area contributed by atoms with E-state index in [1.807, 2.05) is 6.07 Å². The standard InChI is InChI=1S/C59H49N3.C2H2/c1-42(51-27-15-23-44-17-9-11-25-52(44)51)39-55(46-19-5-2-6-20-46)60-41-43-29-33-49(34-30-43)59(37-13-4-14-38-59)50-35-31-48(32-36-50)58-61-56(47-21-7-3-8-22-47)40-57(62-58)54-28-16-24-45-18-10-12-26-53(45)54;1-2/h2-3,5-12,15-36,39-40H,4,13-14,37-38,41H2,1H3;1-2H/b42-39+,60-55?;. The van der Waals surface area contributed by atoms with E-state index in [0.29, 0.717) is 6.54 Å². The van der Waals surface area contributed by atoms with Crippen LogP contribution in [-0.4, -0.2) is 15.7 Å². The molecule has 64 heavy (non-hydrogen) atoms. The molecule has 10 rings (SSSR count). The van der Waals surface area contributed by atoms with E-state index in [1.54, 1.807) is 0 Å². The zero-order valence-electron chi connectivity index (χ0n) is 36.4. The van der Waals surface area contributed by atoms with Crippen LogP contribution in [0.3, 0.4) is 0 Å². The van der Waals surface area contributed by atoms with Gasteiger partial charge in [0.2, 0.25) is 0 Å². The summed E-state index contributed by atoms with van der Waals surface area (Å²) in [5.74, 6) is 0.737. The maximum Gasteiger partial charge on any atom is 0.160 e. The van der Waals surface area contributed by atoms with Gasteiger partial charge in [-0.25, -0.2) is 9.97 Å². The Bertz CT molecular complexity index is 3090. The molecule has 310 valence electrons. The fourth-order valence-electron chi connectivity index (χ4n) is 9.54. The first-order valence-corrected chi connectivity index (χ1v) is 22.3. The van der Waals surface area contributed by atoms with Crippen LogP contribution < -0.4 is 0 Å². The van der Waals surface area contributed by atoms with E-state index in [1.165, 1.54) is 68.6 Å². The van der Waals surface area contributed by atoms with Gasteiger partial charge in [0.15, 0.2) is 5.82 Å². The van der Waals surface area contributed by atoms with E-state index in [0.717, 1.165) is 58.0 Å². The van der Waals surface area contributed by atoms with Crippen LogP contribution in [0.15, 0.2) is 211 Å². The molecule has 1 fully saturated rings. The van der Waals surface area contributed by atoms with Gasteiger partial charge >= 0.3 is 0 Å². The lowest BCUT2D eigenvalue weighted by molar-refractivity contribution is 0.346. The summed E-state index contributed by atoms with van der Waals surface area (Å²) in [6.07, 6.45) is 16.2. The second kappa shape index (κ2) is 19.2. The van der Waals surface area contributed by atoms with Gasteiger partial charge < -0.3 is 0 Å². The number of aliphatic imine (C=N–C) groups is 1. The Labute approximate surface area is 378 Å². The van der Waals surface area contributed by atoms with Crippen molar-refractivity contribution < 1.29 is 0 Å².